The van der Waals surface area contributed by atoms with Gasteiger partial charge < -0.3 is 5.32 Å². The monoisotopic (exact) mass is 220 g/mol. The molecule has 1 rings (SSSR count). The SMILES string of the molecule is Cc1cccnc1NC(=O)CCl.Cl. The maximum absolute atomic E-state index is 10.9. The molecule has 0 aliphatic rings. The highest BCUT2D eigenvalue weighted by Gasteiger charge is 2.02. The van der Waals surface area contributed by atoms with Gasteiger partial charge in [0.15, 0.2) is 0 Å². The van der Waals surface area contributed by atoms with Crippen LogP contribution in [-0.4, -0.2) is 16.8 Å². The van der Waals surface area contributed by atoms with Gasteiger partial charge in [0.05, 0.1) is 0 Å². The smallest absolute Gasteiger partial charge is 0.240 e. The number of nitrogens with one attached hydrogen (secondary N) is 1. The number of rotatable bonds is 2. The third kappa shape index (κ3) is 3.61. The molecule has 0 radical (unpaired) electrons. The maximum Gasteiger partial charge on any atom is 0.240 e. The van der Waals surface area contributed by atoms with Crippen molar-refractivity contribution in [2.45, 2.75) is 6.92 Å². The summed E-state index contributed by atoms with van der Waals surface area (Å²) in [6.07, 6.45) is 1.62. The first kappa shape index (κ1) is 12.2. The first-order chi connectivity index (χ1) is 5.74. The van der Waals surface area contributed by atoms with Crippen LogP contribution < -0.4 is 5.32 Å². The Morgan fingerprint density at radius 1 is 1.69 bits per heavy atom. The number of hydrogen-bond donors (Lipinski definition) is 1. The predicted molar refractivity (Wildman–Crippen MR) is 55.6 cm³/mol. The van der Waals surface area contributed by atoms with Gasteiger partial charge in [-0.05, 0) is 18.6 Å². The van der Waals surface area contributed by atoms with E-state index in [0.717, 1.165) is 5.56 Å². The van der Waals surface area contributed by atoms with Crippen LogP contribution in [0.4, 0.5) is 5.82 Å². The molecule has 0 saturated heterocycles. The Kier molecular flexibility index (Phi) is 5.42. The number of carbonyl (C=O) groups excluding carboxylic acids is 1. The van der Waals surface area contributed by atoms with Crippen molar-refractivity contribution in [2.75, 3.05) is 11.2 Å². The van der Waals surface area contributed by atoms with E-state index in [9.17, 15) is 4.79 Å². The standard InChI is InChI=1S/C8H9ClN2O.ClH/c1-6-3-2-4-10-8(6)11-7(12)5-9;/h2-4H,5H2,1H3,(H,10,11,12);1H. The van der Waals surface area contributed by atoms with Gasteiger partial charge in [-0.25, -0.2) is 4.98 Å². The number of alkyl halides is 1. The number of hydrogen-bond acceptors (Lipinski definition) is 2. The average Bonchev–Trinajstić information content (AvgIpc) is 2.09. The van der Waals surface area contributed by atoms with Crippen molar-refractivity contribution in [3.63, 3.8) is 0 Å². The van der Waals surface area contributed by atoms with Crippen LogP contribution in [0.5, 0.6) is 0 Å². The molecule has 1 N–H and O–H groups in total. The Morgan fingerprint density at radius 2 is 2.38 bits per heavy atom. The Labute approximate surface area is 87.9 Å². The first-order valence-corrected chi connectivity index (χ1v) is 4.05. The fraction of sp³-hybridized carbons (Fsp3) is 0.250. The Morgan fingerprint density at radius 3 is 2.92 bits per heavy atom. The minimum absolute atomic E-state index is 0. The molecular weight excluding hydrogens is 211 g/mol. The fourth-order valence-electron chi connectivity index (χ4n) is 0.782. The number of nitrogens with zero attached hydrogens (tertiary/aromatic N) is 1. The number of amides is 1. The molecule has 0 aliphatic heterocycles. The van der Waals surface area contributed by atoms with Crippen molar-refractivity contribution in [2.24, 2.45) is 0 Å². The average molecular weight is 221 g/mol. The molecule has 1 aromatic heterocycles. The van der Waals surface area contributed by atoms with Gasteiger partial charge in [0.1, 0.15) is 11.7 Å². The van der Waals surface area contributed by atoms with Gasteiger partial charge in [-0.15, -0.1) is 24.0 Å². The molecule has 0 unspecified atom stereocenters. The number of anilines is 1. The summed E-state index contributed by atoms with van der Waals surface area (Å²) in [4.78, 5) is 14.8. The van der Waals surface area contributed by atoms with Crippen molar-refractivity contribution >= 4 is 35.7 Å². The fourth-order valence-corrected chi connectivity index (χ4v) is 0.849. The lowest BCUT2D eigenvalue weighted by Gasteiger charge is -2.03. The molecule has 1 heterocycles. The van der Waals surface area contributed by atoms with E-state index in [1.165, 1.54) is 0 Å². The van der Waals surface area contributed by atoms with E-state index >= 15 is 0 Å². The molecule has 0 spiro atoms. The second-order valence-corrected chi connectivity index (χ2v) is 2.62. The van der Waals surface area contributed by atoms with Crippen molar-refractivity contribution in [3.8, 4) is 0 Å². The number of aryl methyl sites for hydroxylation is 1. The largest absolute Gasteiger partial charge is 0.309 e. The van der Waals surface area contributed by atoms with Crippen LogP contribution >= 0.6 is 24.0 Å². The van der Waals surface area contributed by atoms with Gasteiger partial charge in [-0.1, -0.05) is 6.07 Å². The molecule has 0 bridgehead atoms. The molecule has 3 nitrogen and oxygen atoms in total. The Balaban J connectivity index is 0.00000144. The summed E-state index contributed by atoms with van der Waals surface area (Å²) in [6.45, 7) is 1.87. The van der Waals surface area contributed by atoms with Crippen LogP contribution in [0.2, 0.25) is 0 Å². The van der Waals surface area contributed by atoms with E-state index in [-0.39, 0.29) is 24.2 Å². The summed E-state index contributed by atoms with van der Waals surface area (Å²) in [7, 11) is 0. The molecule has 0 saturated carbocycles. The van der Waals surface area contributed by atoms with E-state index in [4.69, 9.17) is 11.6 Å². The van der Waals surface area contributed by atoms with E-state index in [0.29, 0.717) is 5.82 Å². The van der Waals surface area contributed by atoms with Crippen molar-refractivity contribution < 1.29 is 4.79 Å². The van der Waals surface area contributed by atoms with Crippen molar-refractivity contribution in [1.29, 1.82) is 0 Å². The van der Waals surface area contributed by atoms with Gasteiger partial charge in [0.2, 0.25) is 5.91 Å². The number of halogens is 2. The zero-order chi connectivity index (χ0) is 8.97. The molecule has 72 valence electrons. The summed E-state index contributed by atoms with van der Waals surface area (Å²) in [5.41, 5.74) is 0.927. The zero-order valence-electron chi connectivity index (χ0n) is 7.08. The van der Waals surface area contributed by atoms with E-state index in [1.54, 1.807) is 6.20 Å². The van der Waals surface area contributed by atoms with Gasteiger partial charge in [0.25, 0.3) is 0 Å². The van der Waals surface area contributed by atoms with E-state index in [2.05, 4.69) is 10.3 Å². The molecule has 0 fully saturated rings. The molecular formula is C8H10Cl2N2O. The topological polar surface area (TPSA) is 42.0 Å². The minimum atomic E-state index is -0.238. The van der Waals surface area contributed by atoms with Gasteiger partial charge in [0, 0.05) is 6.20 Å². The van der Waals surface area contributed by atoms with Crippen LogP contribution in [0.1, 0.15) is 5.56 Å². The second-order valence-electron chi connectivity index (χ2n) is 2.35. The summed E-state index contributed by atoms with van der Waals surface area (Å²) >= 11 is 5.31. The molecule has 1 amide bonds. The summed E-state index contributed by atoms with van der Waals surface area (Å²) in [5, 5.41) is 2.58. The number of carbonyl (C=O) groups is 1. The third-order valence-corrected chi connectivity index (χ3v) is 1.63. The normalized spacial score (nSPS) is 8.77. The first-order valence-electron chi connectivity index (χ1n) is 3.51. The lowest BCUT2D eigenvalue weighted by Crippen LogP contribution is -2.14. The number of aromatic nitrogens is 1. The molecule has 0 atom stereocenters. The van der Waals surface area contributed by atoms with Crippen LogP contribution in [0, 0.1) is 6.92 Å². The molecule has 0 aromatic carbocycles. The lowest BCUT2D eigenvalue weighted by molar-refractivity contribution is -0.113. The third-order valence-electron chi connectivity index (χ3n) is 1.39. The molecule has 5 heteroatoms. The highest BCUT2D eigenvalue weighted by atomic mass is 35.5. The van der Waals surface area contributed by atoms with Crippen LogP contribution in [0.15, 0.2) is 18.3 Å². The zero-order valence-corrected chi connectivity index (χ0v) is 8.65. The minimum Gasteiger partial charge on any atom is -0.309 e. The Bertz CT molecular complexity index is 291. The highest BCUT2D eigenvalue weighted by molar-refractivity contribution is 6.29. The van der Waals surface area contributed by atoms with E-state index in [1.807, 2.05) is 19.1 Å². The quantitative estimate of drug-likeness (QED) is 0.776. The summed E-state index contributed by atoms with van der Waals surface area (Å²) < 4.78 is 0. The summed E-state index contributed by atoms with van der Waals surface area (Å²) in [6, 6.07) is 3.68. The van der Waals surface area contributed by atoms with Gasteiger partial charge in [-0.2, -0.15) is 0 Å². The Hall–Kier alpha value is -0.800. The summed E-state index contributed by atoms with van der Waals surface area (Å²) in [5.74, 6) is 0.289. The lowest BCUT2D eigenvalue weighted by atomic mass is 10.3. The van der Waals surface area contributed by atoms with Gasteiger partial charge in [-0.3, -0.25) is 4.79 Å². The maximum atomic E-state index is 10.9. The molecule has 1 aromatic rings. The predicted octanol–water partition coefficient (Wildman–Crippen LogP) is 1.99. The molecule has 0 aliphatic carbocycles. The molecule has 13 heavy (non-hydrogen) atoms. The van der Waals surface area contributed by atoms with Crippen LogP contribution in [-0.2, 0) is 4.79 Å². The van der Waals surface area contributed by atoms with Gasteiger partial charge >= 0.3 is 0 Å². The van der Waals surface area contributed by atoms with Crippen molar-refractivity contribution in [3.05, 3.63) is 23.9 Å². The second kappa shape index (κ2) is 5.78. The van der Waals surface area contributed by atoms with E-state index < -0.39 is 0 Å². The number of pyridine rings is 1. The highest BCUT2D eigenvalue weighted by Crippen LogP contribution is 2.08. The van der Waals surface area contributed by atoms with Crippen LogP contribution in [0.25, 0.3) is 0 Å². The van der Waals surface area contributed by atoms with Crippen molar-refractivity contribution in [1.82, 2.24) is 4.98 Å². The van der Waals surface area contributed by atoms with Crippen LogP contribution in [0.3, 0.4) is 0 Å².